The fourth-order valence-electron chi connectivity index (χ4n) is 3.31. The average molecular weight is 291 g/mol. The van der Waals surface area contributed by atoms with Crippen LogP contribution < -0.4 is 10.2 Å². The fourth-order valence-corrected chi connectivity index (χ4v) is 3.31. The van der Waals surface area contributed by atoms with Crippen molar-refractivity contribution in [1.29, 1.82) is 0 Å². The van der Waals surface area contributed by atoms with Crippen LogP contribution in [0.15, 0.2) is 18.2 Å². The third kappa shape index (κ3) is 3.46. The maximum atomic E-state index is 11.6. The summed E-state index contributed by atoms with van der Waals surface area (Å²) in [4.78, 5) is 13.5. The van der Waals surface area contributed by atoms with Crippen LogP contribution in [0.4, 0.5) is 17.1 Å². The highest BCUT2D eigenvalue weighted by atomic mass is 16.6. The zero-order valence-electron chi connectivity index (χ0n) is 13.0. The number of nitro groups is 1. The minimum atomic E-state index is -0.251. The van der Waals surface area contributed by atoms with E-state index in [0.29, 0.717) is 18.3 Å². The van der Waals surface area contributed by atoms with E-state index in [2.05, 4.69) is 17.1 Å². The first-order valence-corrected chi connectivity index (χ1v) is 7.97. The number of nitro benzene ring substituents is 1. The first kappa shape index (κ1) is 15.6. The molecule has 2 rings (SSSR count). The van der Waals surface area contributed by atoms with Gasteiger partial charge in [0.15, 0.2) is 0 Å². The molecule has 0 atom stereocenters. The Morgan fingerprint density at radius 3 is 2.57 bits per heavy atom. The molecule has 1 aromatic carbocycles. The van der Waals surface area contributed by atoms with Crippen LogP contribution in [0.25, 0.3) is 0 Å². The Bertz CT molecular complexity index is 484. The van der Waals surface area contributed by atoms with Gasteiger partial charge in [-0.1, -0.05) is 25.3 Å². The van der Waals surface area contributed by atoms with Gasteiger partial charge in [0.25, 0.3) is 0 Å². The predicted octanol–water partition coefficient (Wildman–Crippen LogP) is 4.19. The van der Waals surface area contributed by atoms with E-state index in [4.69, 9.17) is 0 Å². The molecule has 0 spiro atoms. The number of nitrogens with one attached hydrogen (secondary N) is 1. The first-order valence-electron chi connectivity index (χ1n) is 7.97. The summed E-state index contributed by atoms with van der Waals surface area (Å²) in [6, 6.07) is 6.02. The Kier molecular flexibility index (Phi) is 5.42. The van der Waals surface area contributed by atoms with Crippen molar-refractivity contribution in [2.24, 2.45) is 0 Å². The van der Waals surface area contributed by atoms with Crippen LogP contribution in [-0.2, 0) is 0 Å². The van der Waals surface area contributed by atoms with Crippen LogP contribution in [0.3, 0.4) is 0 Å². The standard InChI is InChI=1S/C16H25N3O2/c1-3-17-14-11-8-12-15(16(14)19(20)21)18(4-2)13-9-6-5-7-10-13/h8,11-13,17H,3-7,9-10H2,1-2H3. The van der Waals surface area contributed by atoms with Crippen LogP contribution in [0.2, 0.25) is 0 Å². The van der Waals surface area contributed by atoms with Crippen molar-refractivity contribution in [2.75, 3.05) is 23.3 Å². The van der Waals surface area contributed by atoms with Gasteiger partial charge in [0.1, 0.15) is 11.4 Å². The molecule has 0 aromatic heterocycles. The van der Waals surface area contributed by atoms with E-state index in [9.17, 15) is 10.1 Å². The van der Waals surface area contributed by atoms with Gasteiger partial charge in [-0.25, -0.2) is 0 Å². The number of anilines is 2. The molecule has 1 fully saturated rings. The van der Waals surface area contributed by atoms with Crippen molar-refractivity contribution >= 4 is 17.1 Å². The molecule has 1 N–H and O–H groups in total. The SMILES string of the molecule is CCNc1cccc(N(CC)C2CCCCC2)c1[N+](=O)[O-]. The van der Waals surface area contributed by atoms with Crippen LogP contribution in [-0.4, -0.2) is 24.1 Å². The molecule has 0 bridgehead atoms. The van der Waals surface area contributed by atoms with Crippen LogP contribution in [0.5, 0.6) is 0 Å². The topological polar surface area (TPSA) is 58.4 Å². The second-order valence-electron chi connectivity index (χ2n) is 5.54. The lowest BCUT2D eigenvalue weighted by atomic mass is 9.93. The first-order chi connectivity index (χ1) is 10.2. The lowest BCUT2D eigenvalue weighted by Crippen LogP contribution is -2.37. The average Bonchev–Trinajstić information content (AvgIpc) is 2.49. The van der Waals surface area contributed by atoms with Crippen molar-refractivity contribution in [3.05, 3.63) is 28.3 Å². The second kappa shape index (κ2) is 7.29. The van der Waals surface area contributed by atoms with Gasteiger partial charge in [0.2, 0.25) is 0 Å². The predicted molar refractivity (Wildman–Crippen MR) is 87.2 cm³/mol. The van der Waals surface area contributed by atoms with E-state index in [1.54, 1.807) is 6.07 Å². The van der Waals surface area contributed by atoms with Gasteiger partial charge < -0.3 is 10.2 Å². The molecule has 1 saturated carbocycles. The van der Waals surface area contributed by atoms with E-state index >= 15 is 0 Å². The van der Waals surface area contributed by atoms with Crippen LogP contribution >= 0.6 is 0 Å². The molecule has 1 aliphatic rings. The van der Waals surface area contributed by atoms with Gasteiger partial charge in [-0.2, -0.15) is 0 Å². The lowest BCUT2D eigenvalue weighted by molar-refractivity contribution is -0.383. The molecular weight excluding hydrogens is 266 g/mol. The summed E-state index contributed by atoms with van der Waals surface area (Å²) in [5.41, 5.74) is 1.59. The lowest BCUT2D eigenvalue weighted by Gasteiger charge is -2.35. The second-order valence-corrected chi connectivity index (χ2v) is 5.54. The van der Waals surface area contributed by atoms with Crippen LogP contribution in [0.1, 0.15) is 46.0 Å². The Morgan fingerprint density at radius 2 is 2.00 bits per heavy atom. The van der Waals surface area contributed by atoms with E-state index < -0.39 is 0 Å². The third-order valence-electron chi connectivity index (χ3n) is 4.23. The molecule has 1 aromatic rings. The van der Waals surface area contributed by atoms with E-state index in [1.165, 1.54) is 19.3 Å². The van der Waals surface area contributed by atoms with Crippen molar-refractivity contribution in [3.63, 3.8) is 0 Å². The van der Waals surface area contributed by atoms with Crippen molar-refractivity contribution in [2.45, 2.75) is 52.0 Å². The number of benzene rings is 1. The smallest absolute Gasteiger partial charge is 0.315 e. The van der Waals surface area contributed by atoms with Gasteiger partial charge in [-0.15, -0.1) is 0 Å². The summed E-state index contributed by atoms with van der Waals surface area (Å²) in [5.74, 6) is 0. The van der Waals surface area contributed by atoms with Crippen molar-refractivity contribution in [1.82, 2.24) is 0 Å². The molecule has 21 heavy (non-hydrogen) atoms. The molecule has 0 saturated heterocycles. The van der Waals surface area contributed by atoms with Gasteiger partial charge >= 0.3 is 5.69 Å². The van der Waals surface area contributed by atoms with Gasteiger partial charge in [-0.05, 0) is 38.8 Å². The highest BCUT2D eigenvalue weighted by molar-refractivity contribution is 5.77. The zero-order valence-corrected chi connectivity index (χ0v) is 13.0. The van der Waals surface area contributed by atoms with Gasteiger partial charge in [-0.3, -0.25) is 10.1 Å². The summed E-state index contributed by atoms with van der Waals surface area (Å²) >= 11 is 0. The molecule has 0 aliphatic heterocycles. The maximum Gasteiger partial charge on any atom is 0.315 e. The molecule has 0 heterocycles. The Hall–Kier alpha value is -1.78. The molecule has 0 amide bonds. The molecule has 5 nitrogen and oxygen atoms in total. The molecule has 5 heteroatoms. The zero-order chi connectivity index (χ0) is 15.2. The van der Waals surface area contributed by atoms with E-state index in [1.807, 2.05) is 19.1 Å². The number of nitrogens with zero attached hydrogens (tertiary/aromatic N) is 2. The maximum absolute atomic E-state index is 11.6. The summed E-state index contributed by atoms with van der Waals surface area (Å²) < 4.78 is 0. The largest absolute Gasteiger partial charge is 0.380 e. The summed E-state index contributed by atoms with van der Waals surface area (Å²) in [5, 5.41) is 14.7. The molecule has 0 unspecified atom stereocenters. The Labute approximate surface area is 126 Å². The normalized spacial score (nSPS) is 15.7. The van der Waals surface area contributed by atoms with E-state index in [0.717, 1.165) is 25.1 Å². The summed E-state index contributed by atoms with van der Waals surface area (Å²) in [6.07, 6.45) is 6.00. The van der Waals surface area contributed by atoms with Crippen molar-refractivity contribution in [3.8, 4) is 0 Å². The fraction of sp³-hybridized carbons (Fsp3) is 0.625. The monoisotopic (exact) mass is 291 g/mol. The molecule has 1 aliphatic carbocycles. The number of hydrogen-bond donors (Lipinski definition) is 1. The molecule has 116 valence electrons. The minimum absolute atomic E-state index is 0.215. The quantitative estimate of drug-likeness (QED) is 0.631. The number of para-hydroxylation sites is 1. The molecular formula is C16H25N3O2. The number of hydrogen-bond acceptors (Lipinski definition) is 4. The number of rotatable bonds is 6. The summed E-state index contributed by atoms with van der Waals surface area (Å²) in [7, 11) is 0. The minimum Gasteiger partial charge on any atom is -0.380 e. The highest BCUT2D eigenvalue weighted by Crippen LogP contribution is 2.38. The highest BCUT2D eigenvalue weighted by Gasteiger charge is 2.28. The third-order valence-corrected chi connectivity index (χ3v) is 4.23. The Balaban J connectivity index is 2.39. The van der Waals surface area contributed by atoms with Crippen LogP contribution in [0, 0.1) is 10.1 Å². The van der Waals surface area contributed by atoms with Crippen molar-refractivity contribution < 1.29 is 4.92 Å². The summed E-state index contributed by atoms with van der Waals surface area (Å²) in [6.45, 7) is 5.52. The van der Waals surface area contributed by atoms with Gasteiger partial charge in [0, 0.05) is 19.1 Å². The van der Waals surface area contributed by atoms with E-state index in [-0.39, 0.29) is 10.6 Å². The Morgan fingerprint density at radius 1 is 1.29 bits per heavy atom. The molecule has 0 radical (unpaired) electrons. The van der Waals surface area contributed by atoms with Gasteiger partial charge in [0.05, 0.1) is 4.92 Å².